The van der Waals surface area contributed by atoms with Crippen LogP contribution in [0.1, 0.15) is 46.2 Å². The van der Waals surface area contributed by atoms with E-state index in [-0.39, 0.29) is 41.4 Å². The maximum absolute atomic E-state index is 13.7. The van der Waals surface area contributed by atoms with Crippen molar-refractivity contribution < 1.29 is 33.3 Å². The summed E-state index contributed by atoms with van der Waals surface area (Å²) in [5.41, 5.74) is -0.0412. The van der Waals surface area contributed by atoms with E-state index < -0.39 is 23.1 Å². The number of fused-ring (bicyclic) bond motifs is 1. The second kappa shape index (κ2) is 9.64. The lowest BCUT2D eigenvalue weighted by Gasteiger charge is -2.16. The minimum Gasteiger partial charge on any atom is -0.493 e. The van der Waals surface area contributed by atoms with Gasteiger partial charge in [0.2, 0.25) is 0 Å². The molecule has 0 saturated heterocycles. The van der Waals surface area contributed by atoms with Crippen molar-refractivity contribution in [1.82, 2.24) is 10.3 Å². The van der Waals surface area contributed by atoms with Crippen molar-refractivity contribution in [2.75, 3.05) is 20.3 Å². The van der Waals surface area contributed by atoms with Crippen molar-refractivity contribution >= 4 is 23.3 Å². The number of rotatable bonds is 8. The summed E-state index contributed by atoms with van der Waals surface area (Å²) in [6.45, 7) is 1.17. The summed E-state index contributed by atoms with van der Waals surface area (Å²) in [7, 11) is 1.49. The molecule has 1 aliphatic carbocycles. The lowest BCUT2D eigenvalue weighted by molar-refractivity contribution is 0.0350. The minimum atomic E-state index is -1.37. The molecule has 1 aromatic heterocycles. The summed E-state index contributed by atoms with van der Waals surface area (Å²) in [5, 5.41) is 13.3. The Labute approximate surface area is 217 Å². The van der Waals surface area contributed by atoms with E-state index in [1.165, 1.54) is 31.4 Å². The van der Waals surface area contributed by atoms with Crippen molar-refractivity contribution in [3.63, 3.8) is 0 Å². The average molecular weight is 527 g/mol. The van der Waals surface area contributed by atoms with Crippen molar-refractivity contribution in [2.24, 2.45) is 0 Å². The molecule has 10 heteroatoms. The second-order valence-corrected chi connectivity index (χ2v) is 9.62. The number of nitrogens with one attached hydrogen (secondary N) is 1. The summed E-state index contributed by atoms with van der Waals surface area (Å²) in [6, 6.07) is 10.3. The molecule has 2 aliphatic rings. The van der Waals surface area contributed by atoms with E-state index in [0.29, 0.717) is 28.2 Å². The van der Waals surface area contributed by atoms with Gasteiger partial charge < -0.3 is 24.6 Å². The van der Waals surface area contributed by atoms with Crippen LogP contribution in [0.2, 0.25) is 5.02 Å². The fourth-order valence-corrected chi connectivity index (χ4v) is 4.16. The standard InChI is InChI=1S/C27H24ClFN2O6/c1-27(34)13-36-25-17(27)11-20(31-24(25)14-3-7-19(29)18(28)9-14)21(32)12-30-26(33)15-4-8-22(23(10-15)35-2)37-16-5-6-16/h3-4,7-11,16,34H,5-6,12-13H2,1-2H3,(H,30,33). The maximum atomic E-state index is 13.7. The molecular weight excluding hydrogens is 503 g/mol. The topological polar surface area (TPSA) is 107 Å². The summed E-state index contributed by atoms with van der Waals surface area (Å²) >= 11 is 5.95. The SMILES string of the molecule is COc1cc(C(=O)NCC(=O)c2cc3c(c(-c4ccc(F)c(Cl)c4)n2)OCC3(C)O)ccc1OC1CC1. The first-order chi connectivity index (χ1) is 17.7. The Morgan fingerprint density at radius 1 is 1.22 bits per heavy atom. The fourth-order valence-electron chi connectivity index (χ4n) is 3.98. The van der Waals surface area contributed by atoms with E-state index >= 15 is 0 Å². The molecular formula is C27H24ClFN2O6. The largest absolute Gasteiger partial charge is 0.493 e. The molecule has 1 fully saturated rings. The Hall–Kier alpha value is -3.69. The number of amides is 1. The third-order valence-electron chi connectivity index (χ3n) is 6.18. The maximum Gasteiger partial charge on any atom is 0.251 e. The Morgan fingerprint density at radius 2 is 2.00 bits per heavy atom. The second-order valence-electron chi connectivity index (χ2n) is 9.21. The van der Waals surface area contributed by atoms with E-state index in [4.69, 9.17) is 25.8 Å². The van der Waals surface area contributed by atoms with Gasteiger partial charge in [-0.1, -0.05) is 11.6 Å². The molecule has 2 heterocycles. The van der Waals surface area contributed by atoms with Gasteiger partial charge in [0.05, 0.1) is 24.8 Å². The number of hydrogen-bond donors (Lipinski definition) is 2. The zero-order valence-electron chi connectivity index (χ0n) is 20.1. The number of carbonyl (C=O) groups excluding carboxylic acids is 2. The number of ketones is 1. The highest BCUT2D eigenvalue weighted by Gasteiger charge is 2.38. The van der Waals surface area contributed by atoms with E-state index in [2.05, 4.69) is 10.3 Å². The third kappa shape index (κ3) is 5.10. The van der Waals surface area contributed by atoms with Gasteiger partial charge in [-0.05, 0) is 62.2 Å². The van der Waals surface area contributed by atoms with Gasteiger partial charge in [-0.15, -0.1) is 0 Å². The molecule has 0 radical (unpaired) electrons. The molecule has 1 atom stereocenters. The van der Waals surface area contributed by atoms with Crippen LogP contribution >= 0.6 is 11.6 Å². The van der Waals surface area contributed by atoms with Crippen LogP contribution in [0.25, 0.3) is 11.3 Å². The molecule has 1 aliphatic heterocycles. The first-order valence-electron chi connectivity index (χ1n) is 11.7. The number of aromatic nitrogens is 1. The number of ether oxygens (including phenoxy) is 3. The zero-order chi connectivity index (χ0) is 26.3. The van der Waals surface area contributed by atoms with Gasteiger partial charge in [0, 0.05) is 16.7 Å². The van der Waals surface area contributed by atoms with Crippen molar-refractivity contribution in [3.05, 3.63) is 70.1 Å². The molecule has 5 rings (SSSR count). The van der Waals surface area contributed by atoms with Gasteiger partial charge in [-0.3, -0.25) is 9.59 Å². The predicted molar refractivity (Wildman–Crippen MR) is 133 cm³/mol. The molecule has 0 bridgehead atoms. The molecule has 37 heavy (non-hydrogen) atoms. The summed E-state index contributed by atoms with van der Waals surface area (Å²) in [6.07, 6.45) is 2.15. The minimum absolute atomic E-state index is 0.00559. The monoisotopic (exact) mass is 526 g/mol. The molecule has 192 valence electrons. The molecule has 8 nitrogen and oxygen atoms in total. The number of aliphatic hydroxyl groups is 1. The van der Waals surface area contributed by atoms with Gasteiger partial charge in [0.25, 0.3) is 5.91 Å². The number of benzene rings is 2. The van der Waals surface area contributed by atoms with Crippen LogP contribution < -0.4 is 19.5 Å². The Bertz CT molecular complexity index is 1410. The van der Waals surface area contributed by atoms with Crippen LogP contribution in [-0.4, -0.2) is 48.1 Å². The van der Waals surface area contributed by atoms with Crippen LogP contribution in [0, 0.1) is 5.82 Å². The fraction of sp³-hybridized carbons (Fsp3) is 0.296. The zero-order valence-corrected chi connectivity index (χ0v) is 20.9. The number of carbonyl (C=O) groups is 2. The van der Waals surface area contributed by atoms with Crippen LogP contribution in [0.4, 0.5) is 4.39 Å². The Balaban J connectivity index is 1.37. The molecule has 2 N–H and O–H groups in total. The van der Waals surface area contributed by atoms with Gasteiger partial charge in [-0.25, -0.2) is 9.37 Å². The predicted octanol–water partition coefficient (Wildman–Crippen LogP) is 4.30. The number of halogens is 2. The quantitative estimate of drug-likeness (QED) is 0.421. The summed E-state index contributed by atoms with van der Waals surface area (Å²) in [5.74, 6) is -0.304. The number of methoxy groups -OCH3 is 1. The highest BCUT2D eigenvalue weighted by molar-refractivity contribution is 6.31. The molecule has 1 saturated carbocycles. The van der Waals surface area contributed by atoms with Crippen molar-refractivity contribution in [2.45, 2.75) is 31.5 Å². The Kier molecular flexibility index (Phi) is 6.51. The van der Waals surface area contributed by atoms with E-state index in [0.717, 1.165) is 12.8 Å². The lowest BCUT2D eigenvalue weighted by Crippen LogP contribution is -2.30. The number of hydrogen-bond acceptors (Lipinski definition) is 7. The summed E-state index contributed by atoms with van der Waals surface area (Å²) < 4.78 is 30.5. The molecule has 3 aromatic rings. The van der Waals surface area contributed by atoms with Gasteiger partial charge in [0.1, 0.15) is 29.4 Å². The van der Waals surface area contributed by atoms with Gasteiger partial charge in [0.15, 0.2) is 23.0 Å². The van der Waals surface area contributed by atoms with Gasteiger partial charge in [-0.2, -0.15) is 0 Å². The summed E-state index contributed by atoms with van der Waals surface area (Å²) in [4.78, 5) is 30.2. The average Bonchev–Trinajstić information content (AvgIpc) is 3.65. The number of nitrogens with zero attached hydrogens (tertiary/aromatic N) is 1. The lowest BCUT2D eigenvalue weighted by atomic mass is 9.95. The highest BCUT2D eigenvalue weighted by Crippen LogP contribution is 2.43. The van der Waals surface area contributed by atoms with E-state index in [1.807, 2.05) is 0 Å². The Morgan fingerprint density at radius 3 is 2.70 bits per heavy atom. The highest BCUT2D eigenvalue weighted by atomic mass is 35.5. The molecule has 2 aromatic carbocycles. The van der Waals surface area contributed by atoms with E-state index in [9.17, 15) is 19.1 Å². The van der Waals surface area contributed by atoms with Crippen LogP contribution in [0.3, 0.4) is 0 Å². The first-order valence-corrected chi connectivity index (χ1v) is 12.1. The third-order valence-corrected chi connectivity index (χ3v) is 6.47. The number of Topliss-reactive ketones (excluding diaryl/α,β-unsaturated/α-hetero) is 1. The van der Waals surface area contributed by atoms with Crippen LogP contribution in [0.5, 0.6) is 17.2 Å². The van der Waals surface area contributed by atoms with Crippen molar-refractivity contribution in [3.8, 4) is 28.5 Å². The van der Waals surface area contributed by atoms with Crippen LogP contribution in [0.15, 0.2) is 42.5 Å². The van der Waals surface area contributed by atoms with E-state index in [1.54, 1.807) is 25.1 Å². The molecule has 1 amide bonds. The van der Waals surface area contributed by atoms with Crippen molar-refractivity contribution in [1.29, 1.82) is 0 Å². The normalized spacial score (nSPS) is 18.1. The smallest absolute Gasteiger partial charge is 0.251 e. The number of pyridine rings is 1. The first kappa shape index (κ1) is 25.0. The molecule has 0 spiro atoms. The van der Waals surface area contributed by atoms with Gasteiger partial charge >= 0.3 is 0 Å². The van der Waals surface area contributed by atoms with Crippen LogP contribution in [-0.2, 0) is 5.60 Å². The molecule has 1 unspecified atom stereocenters.